The zero-order chi connectivity index (χ0) is 12.0. The molecule has 0 bridgehead atoms. The molecule has 1 aliphatic rings. The molecular formula is C9H9ClO4S2. The minimum Gasteiger partial charge on any atom is -0.224 e. The molecule has 1 aliphatic heterocycles. The molecule has 0 spiro atoms. The smallest absolute Gasteiger partial charge is 0.224 e. The highest BCUT2D eigenvalue weighted by atomic mass is 35.7. The molecule has 7 heteroatoms. The van der Waals surface area contributed by atoms with Crippen LogP contribution in [-0.4, -0.2) is 22.6 Å². The predicted molar refractivity (Wildman–Crippen MR) is 60.7 cm³/mol. The second kappa shape index (κ2) is 3.72. The van der Waals surface area contributed by atoms with Gasteiger partial charge >= 0.3 is 0 Å². The molecule has 2 rings (SSSR count). The standard InChI is InChI=1S/C9H9ClO4S2/c10-16(13,14)6-8-3-1-2-7-4-5-15(11,12)9(7)8/h1-3H,4-6H2. The van der Waals surface area contributed by atoms with Crippen molar-refractivity contribution >= 4 is 29.6 Å². The van der Waals surface area contributed by atoms with E-state index in [0.717, 1.165) is 0 Å². The molecule has 4 nitrogen and oxygen atoms in total. The first kappa shape index (κ1) is 11.9. The molecule has 0 saturated carbocycles. The van der Waals surface area contributed by atoms with Crippen LogP contribution in [0.1, 0.15) is 11.1 Å². The van der Waals surface area contributed by atoms with Crippen LogP contribution in [0.5, 0.6) is 0 Å². The van der Waals surface area contributed by atoms with Crippen molar-refractivity contribution in [2.75, 3.05) is 5.75 Å². The van der Waals surface area contributed by atoms with E-state index >= 15 is 0 Å². The van der Waals surface area contributed by atoms with Crippen LogP contribution in [0.25, 0.3) is 0 Å². The predicted octanol–water partition coefficient (Wildman–Crippen LogP) is 1.09. The van der Waals surface area contributed by atoms with E-state index in [9.17, 15) is 16.8 Å². The van der Waals surface area contributed by atoms with Crippen LogP contribution >= 0.6 is 10.7 Å². The van der Waals surface area contributed by atoms with Crippen molar-refractivity contribution in [3.8, 4) is 0 Å². The second-order valence-electron chi connectivity index (χ2n) is 3.66. The molecular weight excluding hydrogens is 272 g/mol. The number of aryl methyl sites for hydroxylation is 1. The third kappa shape index (κ3) is 2.23. The van der Waals surface area contributed by atoms with E-state index in [-0.39, 0.29) is 16.2 Å². The summed E-state index contributed by atoms with van der Waals surface area (Å²) in [7, 11) is -1.93. The summed E-state index contributed by atoms with van der Waals surface area (Å²) in [5.74, 6) is -0.404. The summed E-state index contributed by atoms with van der Waals surface area (Å²) in [6.45, 7) is 0. The molecule has 0 N–H and O–H groups in total. The molecule has 0 saturated heterocycles. The Morgan fingerprint density at radius 2 is 2.00 bits per heavy atom. The van der Waals surface area contributed by atoms with Crippen molar-refractivity contribution in [3.63, 3.8) is 0 Å². The summed E-state index contributed by atoms with van der Waals surface area (Å²) in [5.41, 5.74) is 0.947. The lowest BCUT2D eigenvalue weighted by atomic mass is 10.1. The lowest BCUT2D eigenvalue weighted by Crippen LogP contribution is -2.05. The fraction of sp³-hybridized carbons (Fsp3) is 0.333. The van der Waals surface area contributed by atoms with E-state index in [4.69, 9.17) is 10.7 Å². The van der Waals surface area contributed by atoms with Crippen molar-refractivity contribution in [2.24, 2.45) is 0 Å². The van der Waals surface area contributed by atoms with Crippen LogP contribution in [0.3, 0.4) is 0 Å². The number of halogens is 1. The number of hydrogen-bond acceptors (Lipinski definition) is 4. The Bertz CT molecular complexity index is 631. The molecule has 0 aromatic heterocycles. The van der Waals surface area contributed by atoms with Crippen LogP contribution in [0, 0.1) is 0 Å². The van der Waals surface area contributed by atoms with Gasteiger partial charge in [0.05, 0.1) is 16.4 Å². The third-order valence-corrected chi connectivity index (χ3v) is 5.33. The van der Waals surface area contributed by atoms with Gasteiger partial charge in [0.15, 0.2) is 9.84 Å². The Morgan fingerprint density at radius 1 is 1.31 bits per heavy atom. The van der Waals surface area contributed by atoms with Crippen LogP contribution < -0.4 is 0 Å². The van der Waals surface area contributed by atoms with Crippen molar-refractivity contribution in [2.45, 2.75) is 17.1 Å². The minimum atomic E-state index is -3.74. The number of rotatable bonds is 2. The number of hydrogen-bond donors (Lipinski definition) is 0. The van der Waals surface area contributed by atoms with Crippen molar-refractivity contribution in [3.05, 3.63) is 29.3 Å². The molecule has 0 unspecified atom stereocenters. The lowest BCUT2D eigenvalue weighted by Gasteiger charge is -2.05. The SMILES string of the molecule is O=S(=O)(Cl)Cc1cccc2c1S(=O)(=O)CC2. The van der Waals surface area contributed by atoms with Crippen LogP contribution in [0.4, 0.5) is 0 Å². The Labute approximate surface area is 98.6 Å². The van der Waals surface area contributed by atoms with Gasteiger partial charge in [-0.1, -0.05) is 18.2 Å². The maximum Gasteiger partial charge on any atom is 0.236 e. The van der Waals surface area contributed by atoms with Gasteiger partial charge in [-0.3, -0.25) is 0 Å². The number of benzene rings is 1. The maximum absolute atomic E-state index is 11.7. The van der Waals surface area contributed by atoms with Gasteiger partial charge in [0, 0.05) is 10.7 Å². The maximum atomic E-state index is 11.7. The summed E-state index contributed by atoms with van der Waals surface area (Å²) in [5, 5.41) is 0. The summed E-state index contributed by atoms with van der Waals surface area (Å²) >= 11 is 0. The van der Waals surface area contributed by atoms with E-state index < -0.39 is 24.6 Å². The van der Waals surface area contributed by atoms with Crippen LogP contribution in [-0.2, 0) is 31.1 Å². The first-order valence-electron chi connectivity index (χ1n) is 4.55. The summed E-state index contributed by atoms with van der Waals surface area (Å²) in [6.07, 6.45) is 0.438. The first-order chi connectivity index (χ1) is 7.30. The van der Waals surface area contributed by atoms with E-state index in [2.05, 4.69) is 0 Å². The zero-order valence-corrected chi connectivity index (χ0v) is 10.6. The quantitative estimate of drug-likeness (QED) is 0.761. The molecule has 0 atom stereocenters. The summed E-state index contributed by atoms with van der Waals surface area (Å²) < 4.78 is 45.4. The van der Waals surface area contributed by atoms with E-state index in [0.29, 0.717) is 12.0 Å². The average molecular weight is 281 g/mol. The highest BCUT2D eigenvalue weighted by Gasteiger charge is 2.29. The van der Waals surface area contributed by atoms with E-state index in [1.807, 2.05) is 0 Å². The molecule has 0 radical (unpaired) electrons. The Balaban J connectivity index is 2.62. The minimum absolute atomic E-state index is 0.0433. The lowest BCUT2D eigenvalue weighted by molar-refractivity contribution is 0.599. The number of fused-ring (bicyclic) bond motifs is 1. The number of sulfone groups is 1. The van der Waals surface area contributed by atoms with Gasteiger partial charge in [0.2, 0.25) is 9.05 Å². The van der Waals surface area contributed by atoms with Crippen LogP contribution in [0.2, 0.25) is 0 Å². The molecule has 0 amide bonds. The van der Waals surface area contributed by atoms with Gasteiger partial charge in [-0.05, 0) is 17.5 Å². The Morgan fingerprint density at radius 3 is 2.62 bits per heavy atom. The van der Waals surface area contributed by atoms with Gasteiger partial charge in [0.25, 0.3) is 0 Å². The van der Waals surface area contributed by atoms with Gasteiger partial charge in [-0.2, -0.15) is 0 Å². The molecule has 1 aromatic carbocycles. The first-order valence-corrected chi connectivity index (χ1v) is 8.68. The average Bonchev–Trinajstić information content (AvgIpc) is 2.41. The van der Waals surface area contributed by atoms with Gasteiger partial charge in [-0.25, -0.2) is 16.8 Å². The molecule has 0 aliphatic carbocycles. The summed E-state index contributed by atoms with van der Waals surface area (Å²) in [6, 6.07) is 4.84. The van der Waals surface area contributed by atoms with E-state index in [1.165, 1.54) is 6.07 Å². The molecule has 1 heterocycles. The highest BCUT2D eigenvalue weighted by Crippen LogP contribution is 2.30. The fourth-order valence-corrected chi connectivity index (χ4v) is 4.74. The van der Waals surface area contributed by atoms with Gasteiger partial charge < -0.3 is 0 Å². The van der Waals surface area contributed by atoms with Crippen LogP contribution in [0.15, 0.2) is 23.1 Å². The van der Waals surface area contributed by atoms with Crippen molar-refractivity contribution in [1.82, 2.24) is 0 Å². The second-order valence-corrected chi connectivity index (χ2v) is 8.48. The topological polar surface area (TPSA) is 68.3 Å². The van der Waals surface area contributed by atoms with Gasteiger partial charge in [-0.15, -0.1) is 0 Å². The molecule has 0 fully saturated rings. The van der Waals surface area contributed by atoms with E-state index in [1.54, 1.807) is 12.1 Å². The normalized spacial score (nSPS) is 18.3. The third-order valence-electron chi connectivity index (χ3n) is 2.46. The fourth-order valence-electron chi connectivity index (χ4n) is 1.88. The zero-order valence-electron chi connectivity index (χ0n) is 8.18. The van der Waals surface area contributed by atoms with Gasteiger partial charge in [0.1, 0.15) is 0 Å². The molecule has 16 heavy (non-hydrogen) atoms. The highest BCUT2D eigenvalue weighted by molar-refractivity contribution is 8.13. The summed E-state index contributed by atoms with van der Waals surface area (Å²) in [4.78, 5) is 0.152. The molecule has 88 valence electrons. The van der Waals surface area contributed by atoms with Crippen molar-refractivity contribution in [1.29, 1.82) is 0 Å². The van der Waals surface area contributed by atoms with Crippen molar-refractivity contribution < 1.29 is 16.8 Å². The molecule has 1 aromatic rings. The Hall–Kier alpha value is -0.590. The largest absolute Gasteiger partial charge is 0.236 e. The monoisotopic (exact) mass is 280 g/mol. The Kier molecular flexibility index (Phi) is 2.76.